The molecular weight excluding hydrogens is 446 g/mol. The second-order valence-corrected chi connectivity index (χ2v) is 13.3. The van der Waals surface area contributed by atoms with E-state index in [0.717, 1.165) is 0 Å². The molecule has 37 heavy (non-hydrogen) atoms. The maximum absolute atomic E-state index is 2.43. The van der Waals surface area contributed by atoms with E-state index < -0.39 is 0 Å². The molecule has 0 amide bonds. The largest absolute Gasteiger partial charge is 0.335 e. The van der Waals surface area contributed by atoms with Crippen LogP contribution in [0.3, 0.4) is 0 Å². The number of benzene rings is 4. The number of hydrogen-bond donors (Lipinski definition) is 0. The molecule has 0 spiro atoms. The summed E-state index contributed by atoms with van der Waals surface area (Å²) in [6, 6.07) is 34.7. The number of hydrogen-bond acceptors (Lipinski definition) is 0. The first-order valence-electron chi connectivity index (χ1n) is 13.5. The van der Waals surface area contributed by atoms with Gasteiger partial charge in [-0.05, 0) is 60.6 Å². The number of rotatable bonds is 0. The average molecular weight is 490 g/mol. The molecule has 1 heterocycles. The normalized spacial score (nSPS) is 13.8. The number of nitrogens with zero attached hydrogens (tertiary/aromatic N) is 1. The van der Waals surface area contributed by atoms with Gasteiger partial charge in [0, 0.05) is 32.8 Å². The third-order valence-electron chi connectivity index (χ3n) is 6.74. The second kappa shape index (κ2) is 9.86. The summed E-state index contributed by atoms with van der Waals surface area (Å²) in [5.74, 6) is 0. The summed E-state index contributed by atoms with van der Waals surface area (Å²) in [6.07, 6.45) is 0. The molecule has 5 aromatic rings. The van der Waals surface area contributed by atoms with Crippen LogP contribution in [0, 0.1) is 5.41 Å². The molecule has 1 heteroatoms. The van der Waals surface area contributed by atoms with Crippen molar-refractivity contribution >= 4 is 21.8 Å². The Kier molecular flexibility index (Phi) is 7.12. The van der Waals surface area contributed by atoms with E-state index >= 15 is 0 Å². The third kappa shape index (κ3) is 5.52. The Morgan fingerprint density at radius 1 is 0.486 bits per heavy atom. The SMILES string of the molecule is CC(C)(C)C.CC(C)(C)n1c2ccccc2c2ccccc21.CC1(C)c2ccccc2-c2ccccc21. The molecule has 0 fully saturated rings. The van der Waals surface area contributed by atoms with Gasteiger partial charge in [-0.15, -0.1) is 0 Å². The van der Waals surface area contributed by atoms with Gasteiger partial charge in [0.2, 0.25) is 0 Å². The second-order valence-electron chi connectivity index (χ2n) is 13.3. The lowest BCUT2D eigenvalue weighted by Gasteiger charge is -2.24. The van der Waals surface area contributed by atoms with E-state index in [1.165, 1.54) is 44.1 Å². The number of para-hydroxylation sites is 2. The first kappa shape index (κ1) is 26.7. The van der Waals surface area contributed by atoms with E-state index in [1.807, 2.05) is 0 Å². The number of aromatic nitrogens is 1. The van der Waals surface area contributed by atoms with Crippen LogP contribution in [-0.2, 0) is 11.0 Å². The highest BCUT2D eigenvalue weighted by Crippen LogP contribution is 2.48. The van der Waals surface area contributed by atoms with Gasteiger partial charge in [0.1, 0.15) is 0 Å². The molecule has 4 aromatic carbocycles. The lowest BCUT2D eigenvalue weighted by Crippen LogP contribution is -2.21. The molecule has 1 nitrogen and oxygen atoms in total. The fourth-order valence-corrected chi connectivity index (χ4v) is 5.32. The minimum atomic E-state index is 0.0999. The van der Waals surface area contributed by atoms with Crippen LogP contribution in [-0.4, -0.2) is 4.57 Å². The van der Waals surface area contributed by atoms with Gasteiger partial charge in [-0.2, -0.15) is 0 Å². The Morgan fingerprint density at radius 3 is 1.19 bits per heavy atom. The zero-order valence-corrected chi connectivity index (χ0v) is 24.2. The Bertz CT molecular complexity index is 1410. The highest BCUT2D eigenvalue weighted by Gasteiger charge is 2.34. The average Bonchev–Trinajstić information content (AvgIpc) is 3.29. The summed E-state index contributed by atoms with van der Waals surface area (Å²) in [5.41, 5.74) is 9.10. The van der Waals surface area contributed by atoms with Gasteiger partial charge in [-0.25, -0.2) is 0 Å². The highest BCUT2D eigenvalue weighted by atomic mass is 15.0. The van der Waals surface area contributed by atoms with Crippen molar-refractivity contribution in [3.05, 3.63) is 108 Å². The molecule has 1 aliphatic carbocycles. The van der Waals surface area contributed by atoms with Crippen molar-refractivity contribution in [3.8, 4) is 11.1 Å². The minimum Gasteiger partial charge on any atom is -0.335 e. The van der Waals surface area contributed by atoms with E-state index in [4.69, 9.17) is 0 Å². The topological polar surface area (TPSA) is 4.93 Å². The lowest BCUT2D eigenvalue weighted by atomic mass is 9.82. The van der Waals surface area contributed by atoms with Crippen molar-refractivity contribution in [2.45, 2.75) is 73.3 Å². The minimum absolute atomic E-state index is 0.0999. The summed E-state index contributed by atoms with van der Waals surface area (Å²) in [4.78, 5) is 0. The standard InChI is InChI=1S/C16H17N.C15H14.C5H12/c1-16(2,3)17-14-10-6-4-8-12(14)13-9-5-7-11-15(13)17;1-15(2)13-9-5-3-7-11(13)12-8-4-6-10-14(12)15;1-5(2,3)4/h4-11H,1-3H3;3-10H,1-2H3;1-4H3. The van der Waals surface area contributed by atoms with Crippen molar-refractivity contribution in [1.82, 2.24) is 4.57 Å². The summed E-state index contributed by atoms with van der Waals surface area (Å²) in [6.45, 7) is 20.1. The summed E-state index contributed by atoms with van der Waals surface area (Å²) < 4.78 is 2.43. The quantitative estimate of drug-likeness (QED) is 0.204. The van der Waals surface area contributed by atoms with Gasteiger partial charge in [0.15, 0.2) is 0 Å². The molecule has 0 N–H and O–H groups in total. The predicted molar refractivity (Wildman–Crippen MR) is 164 cm³/mol. The molecule has 0 radical (unpaired) electrons. The van der Waals surface area contributed by atoms with Gasteiger partial charge in [-0.3, -0.25) is 0 Å². The van der Waals surface area contributed by atoms with Crippen molar-refractivity contribution in [2.75, 3.05) is 0 Å². The van der Waals surface area contributed by atoms with Gasteiger partial charge >= 0.3 is 0 Å². The summed E-state index contributed by atoms with van der Waals surface area (Å²) in [5, 5.41) is 2.69. The van der Waals surface area contributed by atoms with Crippen LogP contribution >= 0.6 is 0 Å². The number of fused-ring (bicyclic) bond motifs is 6. The van der Waals surface area contributed by atoms with Crippen LogP contribution in [0.25, 0.3) is 32.9 Å². The van der Waals surface area contributed by atoms with E-state index in [2.05, 4.69) is 164 Å². The van der Waals surface area contributed by atoms with E-state index in [0.29, 0.717) is 5.41 Å². The van der Waals surface area contributed by atoms with Crippen LogP contribution in [0.2, 0.25) is 0 Å². The van der Waals surface area contributed by atoms with Gasteiger partial charge in [-0.1, -0.05) is 126 Å². The molecule has 192 valence electrons. The fourth-order valence-electron chi connectivity index (χ4n) is 5.32. The van der Waals surface area contributed by atoms with Crippen LogP contribution < -0.4 is 0 Å². The highest BCUT2D eigenvalue weighted by molar-refractivity contribution is 6.08. The first-order chi connectivity index (χ1) is 17.3. The molecule has 0 bridgehead atoms. The van der Waals surface area contributed by atoms with Crippen molar-refractivity contribution in [3.63, 3.8) is 0 Å². The van der Waals surface area contributed by atoms with E-state index in [-0.39, 0.29) is 11.0 Å². The molecule has 0 atom stereocenters. The molecule has 1 aliphatic rings. The van der Waals surface area contributed by atoms with Crippen LogP contribution in [0.4, 0.5) is 0 Å². The molecule has 6 rings (SSSR count). The Labute approximate surface area is 224 Å². The molecule has 0 saturated heterocycles. The van der Waals surface area contributed by atoms with Gasteiger partial charge < -0.3 is 4.57 Å². The zero-order valence-electron chi connectivity index (χ0n) is 24.2. The van der Waals surface area contributed by atoms with Crippen molar-refractivity contribution < 1.29 is 0 Å². The Hall–Kier alpha value is -3.32. The zero-order chi connectivity index (χ0) is 27.0. The van der Waals surface area contributed by atoms with Crippen LogP contribution in [0.15, 0.2) is 97.1 Å². The summed E-state index contributed by atoms with van der Waals surface area (Å²) >= 11 is 0. The molecular formula is C36H43N. The smallest absolute Gasteiger partial charge is 0.0496 e. The van der Waals surface area contributed by atoms with Crippen LogP contribution in [0.1, 0.15) is 73.4 Å². The Balaban J connectivity index is 0.000000148. The maximum atomic E-state index is 2.43. The van der Waals surface area contributed by atoms with Gasteiger partial charge in [0.25, 0.3) is 0 Å². The Morgan fingerprint density at radius 2 is 0.811 bits per heavy atom. The molecule has 0 saturated carbocycles. The maximum Gasteiger partial charge on any atom is 0.0496 e. The molecule has 0 unspecified atom stereocenters. The van der Waals surface area contributed by atoms with E-state index in [1.54, 1.807) is 0 Å². The van der Waals surface area contributed by atoms with Crippen LogP contribution in [0.5, 0.6) is 0 Å². The van der Waals surface area contributed by atoms with Gasteiger partial charge in [0.05, 0.1) is 0 Å². The molecule has 1 aromatic heterocycles. The fraction of sp³-hybridized carbons (Fsp3) is 0.333. The van der Waals surface area contributed by atoms with Crippen molar-refractivity contribution in [1.29, 1.82) is 0 Å². The molecule has 0 aliphatic heterocycles. The van der Waals surface area contributed by atoms with E-state index in [9.17, 15) is 0 Å². The van der Waals surface area contributed by atoms with Crippen molar-refractivity contribution in [2.24, 2.45) is 5.41 Å². The first-order valence-corrected chi connectivity index (χ1v) is 13.5. The summed E-state index contributed by atoms with van der Waals surface area (Å²) in [7, 11) is 0. The third-order valence-corrected chi connectivity index (χ3v) is 6.74. The predicted octanol–water partition coefficient (Wildman–Crippen LogP) is 10.6. The lowest BCUT2D eigenvalue weighted by molar-refractivity contribution is 0.423. The monoisotopic (exact) mass is 489 g/mol.